The zero-order chi connectivity index (χ0) is 31.4. The Hall–Kier alpha value is -4.21. The number of methoxy groups -OCH3 is 1. The highest BCUT2D eigenvalue weighted by Gasteiger charge is 2.35. The molecule has 1 aromatic heterocycles. The minimum atomic E-state index is -0.736. The van der Waals surface area contributed by atoms with Crippen molar-refractivity contribution in [1.29, 1.82) is 0 Å². The van der Waals surface area contributed by atoms with E-state index in [9.17, 15) is 9.59 Å². The summed E-state index contributed by atoms with van der Waals surface area (Å²) in [7, 11) is 1.56. The van der Waals surface area contributed by atoms with Gasteiger partial charge in [0.2, 0.25) is 0 Å². The molecule has 7 nitrogen and oxygen atoms in total. The molecule has 0 aliphatic carbocycles. The Labute approximate surface area is 268 Å². The minimum Gasteiger partial charge on any atom is -0.493 e. The second-order valence-electron chi connectivity index (χ2n) is 10.4. The van der Waals surface area contributed by atoms with Gasteiger partial charge in [0.1, 0.15) is 6.61 Å². The van der Waals surface area contributed by atoms with E-state index in [0.717, 1.165) is 22.3 Å². The largest absolute Gasteiger partial charge is 0.493 e. The first-order valence-electron chi connectivity index (χ1n) is 14.3. The van der Waals surface area contributed by atoms with Gasteiger partial charge in [-0.15, -0.1) is 0 Å². The Morgan fingerprint density at radius 1 is 1.14 bits per heavy atom. The van der Waals surface area contributed by atoms with Gasteiger partial charge in [0.15, 0.2) is 16.3 Å². The molecule has 0 fully saturated rings. The van der Waals surface area contributed by atoms with Crippen LogP contribution in [0, 0.1) is 0 Å². The van der Waals surface area contributed by atoms with E-state index in [1.54, 1.807) is 30.8 Å². The number of halogens is 1. The van der Waals surface area contributed by atoms with Crippen LogP contribution in [-0.4, -0.2) is 30.9 Å². The van der Waals surface area contributed by atoms with Crippen LogP contribution in [0.3, 0.4) is 0 Å². The summed E-state index contributed by atoms with van der Waals surface area (Å²) in [5, 5.41) is 0. The van der Waals surface area contributed by atoms with Crippen molar-refractivity contribution in [3.05, 3.63) is 131 Å². The van der Waals surface area contributed by atoms with E-state index in [1.807, 2.05) is 66.7 Å². The number of carbonyl (C=O) groups is 1. The van der Waals surface area contributed by atoms with Crippen LogP contribution in [-0.2, 0) is 9.53 Å². The lowest BCUT2D eigenvalue weighted by atomic mass is 9.91. The molecule has 226 valence electrons. The van der Waals surface area contributed by atoms with Crippen molar-refractivity contribution < 1.29 is 19.0 Å². The average molecular weight is 674 g/mol. The number of benzene rings is 3. The van der Waals surface area contributed by atoms with Crippen LogP contribution < -0.4 is 24.4 Å². The topological polar surface area (TPSA) is 79.1 Å². The molecule has 0 amide bonds. The Morgan fingerprint density at radius 3 is 2.50 bits per heavy atom. The number of esters is 1. The maximum Gasteiger partial charge on any atom is 0.338 e. The number of carbonyl (C=O) groups excluding carboxylic acids is 1. The van der Waals surface area contributed by atoms with Crippen molar-refractivity contribution in [2.75, 3.05) is 20.3 Å². The van der Waals surface area contributed by atoms with Crippen LogP contribution in [0.5, 0.6) is 11.5 Å². The van der Waals surface area contributed by atoms with E-state index in [0.29, 0.717) is 49.1 Å². The maximum atomic E-state index is 14.2. The van der Waals surface area contributed by atoms with Crippen molar-refractivity contribution in [3.63, 3.8) is 0 Å². The van der Waals surface area contributed by atoms with Gasteiger partial charge in [-0.25, -0.2) is 9.79 Å². The fraction of sp³-hybridized carbons (Fsp3) is 0.229. The molecule has 0 saturated heterocycles. The standard InChI is InChI=1S/C35H33BrN2O5S/c1-6-17-43-32-26(36)18-22(19-27(32)41-5)20-28-33(39)38-31(25-15-13-23(14-16-25)21(3)4)29(34(40)42-7-2)30(37-35(38)44-28)24-11-9-8-10-12-24/h6,8-16,18-21,31H,1,7,17H2,2-5H3/b28-20-/t31-/m0/s1. The van der Waals surface area contributed by atoms with Crippen molar-refractivity contribution >= 4 is 45.0 Å². The van der Waals surface area contributed by atoms with Crippen LogP contribution in [0.2, 0.25) is 0 Å². The van der Waals surface area contributed by atoms with Crippen molar-refractivity contribution in [2.24, 2.45) is 4.99 Å². The smallest absolute Gasteiger partial charge is 0.338 e. The Kier molecular flexibility index (Phi) is 9.66. The fourth-order valence-electron chi connectivity index (χ4n) is 5.08. The van der Waals surface area contributed by atoms with Crippen molar-refractivity contribution in [1.82, 2.24) is 4.57 Å². The van der Waals surface area contributed by atoms with Crippen LogP contribution in [0.1, 0.15) is 55.0 Å². The second-order valence-corrected chi connectivity index (χ2v) is 12.3. The van der Waals surface area contributed by atoms with Crippen LogP contribution >= 0.6 is 27.3 Å². The van der Waals surface area contributed by atoms with Gasteiger partial charge in [-0.2, -0.15) is 0 Å². The molecule has 0 saturated carbocycles. The monoisotopic (exact) mass is 672 g/mol. The first-order chi connectivity index (χ1) is 21.3. The molecular weight excluding hydrogens is 640 g/mol. The van der Waals surface area contributed by atoms with Gasteiger partial charge < -0.3 is 14.2 Å². The van der Waals surface area contributed by atoms with Gasteiger partial charge in [-0.1, -0.05) is 92.4 Å². The lowest BCUT2D eigenvalue weighted by molar-refractivity contribution is -0.138. The van der Waals surface area contributed by atoms with Crippen LogP contribution in [0.25, 0.3) is 11.8 Å². The van der Waals surface area contributed by atoms with Crippen molar-refractivity contribution in [2.45, 2.75) is 32.7 Å². The van der Waals surface area contributed by atoms with Gasteiger partial charge in [0.25, 0.3) is 5.56 Å². The quantitative estimate of drug-likeness (QED) is 0.144. The number of aromatic nitrogens is 1. The van der Waals surface area contributed by atoms with Gasteiger partial charge in [-0.05, 0) is 63.7 Å². The highest BCUT2D eigenvalue weighted by atomic mass is 79.9. The third kappa shape index (κ3) is 6.21. The second kappa shape index (κ2) is 13.6. The normalized spacial score (nSPS) is 14.7. The summed E-state index contributed by atoms with van der Waals surface area (Å²) in [4.78, 5) is 33.3. The molecule has 44 heavy (non-hydrogen) atoms. The summed E-state index contributed by atoms with van der Waals surface area (Å²) in [5.41, 5.74) is 4.00. The summed E-state index contributed by atoms with van der Waals surface area (Å²) in [6.07, 6.45) is 3.45. The predicted molar refractivity (Wildman–Crippen MR) is 178 cm³/mol. The number of hydrogen-bond acceptors (Lipinski definition) is 7. The number of rotatable bonds is 10. The first-order valence-corrected chi connectivity index (χ1v) is 15.9. The van der Waals surface area contributed by atoms with Gasteiger partial charge in [0.05, 0.1) is 40.0 Å². The molecule has 9 heteroatoms. The zero-order valence-corrected chi connectivity index (χ0v) is 27.4. The summed E-state index contributed by atoms with van der Waals surface area (Å²) in [6, 6.07) is 20.5. The molecule has 0 radical (unpaired) electrons. The number of thiazole rings is 1. The lowest BCUT2D eigenvalue weighted by Gasteiger charge is -2.26. The molecule has 0 bridgehead atoms. The molecule has 5 rings (SSSR count). The Morgan fingerprint density at radius 2 is 1.86 bits per heavy atom. The lowest BCUT2D eigenvalue weighted by Crippen LogP contribution is -2.40. The van der Waals surface area contributed by atoms with Crippen LogP contribution in [0.4, 0.5) is 0 Å². The zero-order valence-electron chi connectivity index (χ0n) is 25.0. The molecule has 0 unspecified atom stereocenters. The molecule has 0 N–H and O–H groups in total. The Bertz CT molecular complexity index is 1910. The summed E-state index contributed by atoms with van der Waals surface area (Å²) >= 11 is 4.84. The summed E-state index contributed by atoms with van der Waals surface area (Å²) in [5.74, 6) is 0.878. The van der Waals surface area contributed by atoms with E-state index < -0.39 is 12.0 Å². The SMILES string of the molecule is C=CCOc1c(Br)cc(/C=c2\sc3n(c2=O)[C@@H](c2ccc(C(C)C)cc2)C(C(=O)OCC)=C(c2ccccc2)N=3)cc1OC. The predicted octanol–water partition coefficient (Wildman–Crippen LogP) is 6.39. The summed E-state index contributed by atoms with van der Waals surface area (Å²) in [6.45, 7) is 10.2. The van der Waals surface area contributed by atoms with E-state index in [2.05, 4.69) is 36.4 Å². The number of nitrogens with zero attached hydrogens (tertiary/aromatic N) is 2. The molecule has 0 spiro atoms. The molecule has 4 aromatic rings. The average Bonchev–Trinajstić information content (AvgIpc) is 3.34. The third-order valence-corrected chi connectivity index (χ3v) is 8.76. The van der Waals surface area contributed by atoms with Gasteiger partial charge in [0, 0.05) is 5.56 Å². The van der Waals surface area contributed by atoms with E-state index in [-0.39, 0.29) is 12.2 Å². The fourth-order valence-corrected chi connectivity index (χ4v) is 6.65. The number of hydrogen-bond donors (Lipinski definition) is 0. The van der Waals surface area contributed by atoms with Crippen LogP contribution in [0.15, 0.2) is 99.2 Å². The summed E-state index contributed by atoms with van der Waals surface area (Å²) < 4.78 is 19.6. The molecule has 3 aromatic carbocycles. The van der Waals surface area contributed by atoms with Crippen molar-refractivity contribution in [3.8, 4) is 11.5 Å². The van der Waals surface area contributed by atoms with E-state index in [1.165, 1.54) is 11.3 Å². The molecule has 1 atom stereocenters. The highest BCUT2D eigenvalue weighted by molar-refractivity contribution is 9.10. The van der Waals surface area contributed by atoms with E-state index >= 15 is 0 Å². The minimum absolute atomic E-state index is 0.192. The molecule has 2 heterocycles. The van der Waals surface area contributed by atoms with Gasteiger partial charge >= 0.3 is 5.97 Å². The number of ether oxygens (including phenoxy) is 3. The Balaban J connectivity index is 1.77. The number of fused-ring (bicyclic) bond motifs is 1. The molecule has 1 aliphatic heterocycles. The molecular formula is C35H33BrN2O5S. The maximum absolute atomic E-state index is 14.2. The van der Waals surface area contributed by atoms with E-state index in [4.69, 9.17) is 19.2 Å². The molecule has 1 aliphatic rings. The highest BCUT2D eigenvalue weighted by Crippen LogP contribution is 2.38. The third-order valence-electron chi connectivity index (χ3n) is 7.19. The van der Waals surface area contributed by atoms with Gasteiger partial charge in [-0.3, -0.25) is 9.36 Å². The first kappa shape index (κ1) is 31.2.